The Bertz CT molecular complexity index is 884. The zero-order valence-corrected chi connectivity index (χ0v) is 14.1. The van der Waals surface area contributed by atoms with Gasteiger partial charge in [0.05, 0.1) is 10.6 Å². The van der Waals surface area contributed by atoms with Crippen molar-refractivity contribution in [3.63, 3.8) is 0 Å². The second-order valence-corrected chi connectivity index (χ2v) is 5.47. The minimum atomic E-state index is -0.516. The first-order valence-corrected chi connectivity index (χ1v) is 8.10. The van der Waals surface area contributed by atoms with Crippen LogP contribution in [0.15, 0.2) is 60.9 Å². The molecule has 26 heavy (non-hydrogen) atoms. The molecule has 0 fully saturated rings. The Morgan fingerprint density at radius 3 is 2.27 bits per heavy atom. The van der Waals surface area contributed by atoms with Crippen molar-refractivity contribution in [2.45, 2.75) is 13.3 Å². The summed E-state index contributed by atoms with van der Waals surface area (Å²) in [4.78, 5) is 19.0. The zero-order valence-electron chi connectivity index (χ0n) is 14.1. The van der Waals surface area contributed by atoms with Gasteiger partial charge in [-0.15, -0.1) is 0 Å². The van der Waals surface area contributed by atoms with Crippen LogP contribution in [-0.2, 0) is 6.42 Å². The van der Waals surface area contributed by atoms with Gasteiger partial charge >= 0.3 is 5.69 Å². The van der Waals surface area contributed by atoms with Gasteiger partial charge in [0.25, 0.3) is 0 Å². The first-order chi connectivity index (χ1) is 12.7. The van der Waals surface area contributed by atoms with E-state index in [1.807, 2.05) is 54.6 Å². The van der Waals surface area contributed by atoms with Crippen LogP contribution in [0.2, 0.25) is 0 Å². The van der Waals surface area contributed by atoms with Gasteiger partial charge in [-0.2, -0.15) is 0 Å². The van der Waals surface area contributed by atoms with E-state index in [0.29, 0.717) is 5.69 Å². The predicted molar refractivity (Wildman–Crippen MR) is 101 cm³/mol. The molecule has 0 aliphatic rings. The summed E-state index contributed by atoms with van der Waals surface area (Å²) in [5.74, 6) is 0.188. The van der Waals surface area contributed by atoms with Crippen LogP contribution >= 0.6 is 0 Å². The van der Waals surface area contributed by atoms with E-state index in [9.17, 15) is 10.1 Å². The zero-order chi connectivity index (χ0) is 18.4. The number of anilines is 4. The van der Waals surface area contributed by atoms with Crippen molar-refractivity contribution in [1.82, 2.24) is 9.97 Å². The molecule has 1 aromatic heterocycles. The van der Waals surface area contributed by atoms with Gasteiger partial charge in [0.15, 0.2) is 0 Å². The van der Waals surface area contributed by atoms with E-state index in [1.165, 1.54) is 11.9 Å². The maximum absolute atomic E-state index is 11.6. The number of para-hydroxylation sites is 1. The fourth-order valence-electron chi connectivity index (χ4n) is 2.35. The molecule has 2 aromatic carbocycles. The number of aryl methyl sites for hydroxylation is 1. The molecule has 0 saturated heterocycles. The molecule has 3 aromatic rings. The second-order valence-electron chi connectivity index (χ2n) is 5.47. The van der Waals surface area contributed by atoms with E-state index in [-0.39, 0.29) is 17.3 Å². The number of aromatic nitrogens is 2. The summed E-state index contributed by atoms with van der Waals surface area (Å²) in [6.45, 7) is 2.06. The Hall–Kier alpha value is -3.68. The molecule has 3 rings (SSSR count). The quantitative estimate of drug-likeness (QED) is 0.434. The monoisotopic (exact) mass is 350 g/mol. The predicted octanol–water partition coefficient (Wildman–Crippen LogP) is 4.13. The van der Waals surface area contributed by atoms with Crippen LogP contribution in [-0.4, -0.2) is 14.9 Å². The highest BCUT2D eigenvalue weighted by Gasteiger charge is 2.23. The van der Waals surface area contributed by atoms with E-state index in [2.05, 4.69) is 33.1 Å². The van der Waals surface area contributed by atoms with E-state index in [1.54, 1.807) is 0 Å². The van der Waals surface area contributed by atoms with Crippen molar-refractivity contribution >= 4 is 28.7 Å². The van der Waals surface area contributed by atoms with Crippen LogP contribution in [0.3, 0.4) is 0 Å². The number of hydrazine groups is 1. The summed E-state index contributed by atoms with van der Waals surface area (Å²) in [5, 5.41) is 14.5. The molecule has 132 valence electrons. The molecule has 8 heteroatoms. The molecule has 0 spiro atoms. The van der Waals surface area contributed by atoms with E-state index in [0.717, 1.165) is 12.1 Å². The summed E-state index contributed by atoms with van der Waals surface area (Å²) in [6.07, 6.45) is 2.19. The maximum atomic E-state index is 11.6. The molecule has 0 atom stereocenters. The van der Waals surface area contributed by atoms with Gasteiger partial charge in [0, 0.05) is 5.69 Å². The number of hydrogen-bond donors (Lipinski definition) is 3. The summed E-state index contributed by atoms with van der Waals surface area (Å²) < 4.78 is 0. The minimum absolute atomic E-state index is 0.0709. The molecule has 0 unspecified atom stereocenters. The highest BCUT2D eigenvalue weighted by molar-refractivity contribution is 5.74. The number of benzene rings is 2. The summed E-state index contributed by atoms with van der Waals surface area (Å²) in [5.41, 5.74) is 8.07. The Morgan fingerprint density at radius 1 is 0.923 bits per heavy atom. The first-order valence-electron chi connectivity index (χ1n) is 8.10. The molecule has 0 amide bonds. The van der Waals surface area contributed by atoms with Crippen LogP contribution in [0.5, 0.6) is 0 Å². The van der Waals surface area contributed by atoms with E-state index >= 15 is 0 Å². The van der Waals surface area contributed by atoms with Crippen molar-refractivity contribution in [3.05, 3.63) is 76.6 Å². The first kappa shape index (κ1) is 17.2. The van der Waals surface area contributed by atoms with Gasteiger partial charge in [-0.25, -0.2) is 9.97 Å². The van der Waals surface area contributed by atoms with Gasteiger partial charge in [-0.3, -0.25) is 21.0 Å². The molecule has 0 radical (unpaired) electrons. The maximum Gasteiger partial charge on any atom is 0.355 e. The van der Waals surface area contributed by atoms with Crippen molar-refractivity contribution in [2.24, 2.45) is 0 Å². The topological polar surface area (TPSA) is 105 Å². The fourth-order valence-corrected chi connectivity index (χ4v) is 2.35. The smallest absolute Gasteiger partial charge is 0.334 e. The second kappa shape index (κ2) is 7.93. The lowest BCUT2D eigenvalue weighted by Crippen LogP contribution is -2.13. The Labute approximate surface area is 150 Å². The molecule has 0 aliphatic carbocycles. The highest BCUT2D eigenvalue weighted by Crippen LogP contribution is 2.31. The molecule has 0 saturated carbocycles. The average molecular weight is 350 g/mol. The largest absolute Gasteiger partial charge is 0.355 e. The molecule has 8 nitrogen and oxygen atoms in total. The number of nitrogens with zero attached hydrogens (tertiary/aromatic N) is 3. The number of hydrogen-bond acceptors (Lipinski definition) is 7. The van der Waals surface area contributed by atoms with Crippen molar-refractivity contribution in [3.8, 4) is 0 Å². The van der Waals surface area contributed by atoms with Gasteiger partial charge in [0.2, 0.25) is 11.6 Å². The molecule has 0 aliphatic heterocycles. The van der Waals surface area contributed by atoms with E-state index in [4.69, 9.17) is 0 Å². The van der Waals surface area contributed by atoms with Crippen LogP contribution in [0.25, 0.3) is 0 Å². The van der Waals surface area contributed by atoms with Crippen LogP contribution in [0.4, 0.5) is 28.7 Å². The number of nitrogens with one attached hydrogen (secondary N) is 3. The third-order valence-electron chi connectivity index (χ3n) is 3.73. The third-order valence-corrected chi connectivity index (χ3v) is 3.73. The summed E-state index contributed by atoms with van der Waals surface area (Å²) >= 11 is 0. The SMILES string of the molecule is CCc1ccc(Nc2ncnc(NNc3ccccc3)c2[N+](=O)[O-])cc1. The average Bonchev–Trinajstić information content (AvgIpc) is 2.67. The van der Waals surface area contributed by atoms with Gasteiger partial charge in [-0.05, 0) is 36.2 Å². The fraction of sp³-hybridized carbons (Fsp3) is 0.111. The molecular weight excluding hydrogens is 332 g/mol. The van der Waals surface area contributed by atoms with Crippen LogP contribution in [0, 0.1) is 10.1 Å². The Morgan fingerprint density at radius 2 is 1.62 bits per heavy atom. The molecular formula is C18H18N6O2. The normalized spacial score (nSPS) is 10.2. The number of nitro groups is 1. The van der Waals surface area contributed by atoms with Crippen molar-refractivity contribution in [2.75, 3.05) is 16.2 Å². The van der Waals surface area contributed by atoms with Crippen LogP contribution in [0.1, 0.15) is 12.5 Å². The highest BCUT2D eigenvalue weighted by atomic mass is 16.6. The standard InChI is InChI=1S/C18H18N6O2/c1-2-13-8-10-14(11-9-13)21-17-16(24(25)26)18(20-12-19-17)23-22-15-6-4-3-5-7-15/h3-12,22H,2H2,1H3,(H2,19,20,21,23). The molecule has 3 N–H and O–H groups in total. The summed E-state index contributed by atoms with van der Waals surface area (Å²) in [7, 11) is 0. The lowest BCUT2D eigenvalue weighted by atomic mass is 10.1. The Balaban J connectivity index is 1.84. The van der Waals surface area contributed by atoms with Gasteiger partial charge < -0.3 is 5.32 Å². The minimum Gasteiger partial charge on any atom is -0.334 e. The molecule has 0 bridgehead atoms. The van der Waals surface area contributed by atoms with Gasteiger partial charge in [0.1, 0.15) is 6.33 Å². The molecule has 1 heterocycles. The lowest BCUT2D eigenvalue weighted by Gasteiger charge is -2.11. The van der Waals surface area contributed by atoms with Crippen molar-refractivity contribution in [1.29, 1.82) is 0 Å². The summed E-state index contributed by atoms with van der Waals surface area (Å²) in [6, 6.07) is 16.9. The lowest BCUT2D eigenvalue weighted by molar-refractivity contribution is -0.383. The third kappa shape index (κ3) is 4.04. The van der Waals surface area contributed by atoms with Crippen LogP contribution < -0.4 is 16.2 Å². The van der Waals surface area contributed by atoms with Crippen molar-refractivity contribution < 1.29 is 4.92 Å². The Kier molecular flexibility index (Phi) is 5.23. The van der Waals surface area contributed by atoms with E-state index < -0.39 is 4.92 Å². The number of rotatable bonds is 7. The van der Waals surface area contributed by atoms with Gasteiger partial charge in [-0.1, -0.05) is 37.3 Å².